The normalized spacial score (nSPS) is 11.6. The number of hydrogen-bond donors (Lipinski definition) is 1. The van der Waals surface area contributed by atoms with Crippen molar-refractivity contribution in [2.45, 2.75) is 33.1 Å². The molecule has 0 aromatic heterocycles. The highest BCUT2D eigenvalue weighted by atomic mass is 16.3. The van der Waals surface area contributed by atoms with E-state index in [1.807, 2.05) is 19.1 Å². The molecule has 0 heterocycles. The van der Waals surface area contributed by atoms with Crippen molar-refractivity contribution in [2.75, 3.05) is 0 Å². The second-order valence-electron chi connectivity index (χ2n) is 5.80. The number of aryl methyl sites for hydroxylation is 1. The van der Waals surface area contributed by atoms with E-state index < -0.39 is 0 Å². The zero-order valence-corrected chi connectivity index (χ0v) is 11.5. The lowest BCUT2D eigenvalue weighted by atomic mass is 9.82. The van der Waals surface area contributed by atoms with Crippen molar-refractivity contribution in [1.82, 2.24) is 0 Å². The molecule has 0 saturated carbocycles. The van der Waals surface area contributed by atoms with Gasteiger partial charge in [-0.05, 0) is 46.7 Å². The Kier molecular flexibility index (Phi) is 3.16. The topological polar surface area (TPSA) is 20.2 Å². The fourth-order valence-corrected chi connectivity index (χ4v) is 2.21. The molecule has 0 bridgehead atoms. The van der Waals surface area contributed by atoms with E-state index in [2.05, 4.69) is 45.0 Å². The van der Waals surface area contributed by atoms with Gasteiger partial charge in [0, 0.05) is 0 Å². The maximum Gasteiger partial charge on any atom is 0.118 e. The van der Waals surface area contributed by atoms with E-state index in [1.54, 1.807) is 6.07 Å². The van der Waals surface area contributed by atoms with E-state index in [9.17, 15) is 5.11 Å². The number of rotatable bonds is 1. The molecule has 0 saturated heterocycles. The molecule has 0 amide bonds. The fraction of sp³-hybridized carbons (Fsp3) is 0.294. The highest BCUT2D eigenvalue weighted by molar-refractivity contribution is 5.70. The first-order valence-electron chi connectivity index (χ1n) is 6.29. The van der Waals surface area contributed by atoms with Crippen LogP contribution in [0.1, 0.15) is 31.9 Å². The van der Waals surface area contributed by atoms with Gasteiger partial charge < -0.3 is 5.11 Å². The summed E-state index contributed by atoms with van der Waals surface area (Å²) in [6.07, 6.45) is 0. The molecule has 0 fully saturated rings. The summed E-state index contributed by atoms with van der Waals surface area (Å²) in [5.74, 6) is 0.354. The average molecular weight is 240 g/mol. The molecule has 2 aromatic carbocycles. The minimum atomic E-state index is 0.113. The standard InChI is InChI=1S/C17H20O/c1-12-11-13(9-10-16(12)18)14-7-5-6-8-15(14)17(2,3)4/h5-11,18H,1-4H3. The molecule has 0 spiro atoms. The summed E-state index contributed by atoms with van der Waals surface area (Å²) >= 11 is 0. The van der Waals surface area contributed by atoms with Gasteiger partial charge in [-0.2, -0.15) is 0 Å². The monoisotopic (exact) mass is 240 g/mol. The first-order valence-corrected chi connectivity index (χ1v) is 6.29. The second kappa shape index (κ2) is 4.49. The predicted molar refractivity (Wildman–Crippen MR) is 77.0 cm³/mol. The van der Waals surface area contributed by atoms with Crippen molar-refractivity contribution in [2.24, 2.45) is 0 Å². The van der Waals surface area contributed by atoms with Crippen LogP contribution in [-0.4, -0.2) is 5.11 Å². The Morgan fingerprint density at radius 1 is 0.944 bits per heavy atom. The van der Waals surface area contributed by atoms with E-state index in [4.69, 9.17) is 0 Å². The molecule has 0 unspecified atom stereocenters. The molecule has 2 aromatic rings. The van der Waals surface area contributed by atoms with Crippen LogP contribution in [-0.2, 0) is 5.41 Å². The molecule has 0 aliphatic carbocycles. The van der Waals surface area contributed by atoms with E-state index in [0.717, 1.165) is 11.1 Å². The van der Waals surface area contributed by atoms with Crippen LogP contribution in [0.15, 0.2) is 42.5 Å². The van der Waals surface area contributed by atoms with Crippen molar-refractivity contribution in [3.05, 3.63) is 53.6 Å². The number of aromatic hydroxyl groups is 1. The van der Waals surface area contributed by atoms with E-state index in [1.165, 1.54) is 11.1 Å². The van der Waals surface area contributed by atoms with Gasteiger partial charge in [0.15, 0.2) is 0 Å². The lowest BCUT2D eigenvalue weighted by Gasteiger charge is -2.23. The van der Waals surface area contributed by atoms with E-state index >= 15 is 0 Å². The minimum Gasteiger partial charge on any atom is -0.508 e. The Bertz CT molecular complexity index is 562. The van der Waals surface area contributed by atoms with Crippen LogP contribution < -0.4 is 0 Å². The Morgan fingerprint density at radius 2 is 1.61 bits per heavy atom. The van der Waals surface area contributed by atoms with Crippen LogP contribution in [0.3, 0.4) is 0 Å². The summed E-state index contributed by atoms with van der Waals surface area (Å²) in [6, 6.07) is 14.3. The number of phenols is 1. The van der Waals surface area contributed by atoms with Gasteiger partial charge in [0.2, 0.25) is 0 Å². The third kappa shape index (κ3) is 2.40. The molecule has 0 aliphatic heterocycles. The molecule has 94 valence electrons. The SMILES string of the molecule is Cc1cc(-c2ccccc2C(C)(C)C)ccc1O. The summed E-state index contributed by atoms with van der Waals surface area (Å²) in [4.78, 5) is 0. The highest BCUT2D eigenvalue weighted by Crippen LogP contribution is 2.34. The largest absolute Gasteiger partial charge is 0.508 e. The molecule has 1 heteroatoms. The summed E-state index contributed by atoms with van der Waals surface area (Å²) < 4.78 is 0. The van der Waals surface area contributed by atoms with Gasteiger partial charge in [0.05, 0.1) is 0 Å². The lowest BCUT2D eigenvalue weighted by Crippen LogP contribution is -2.12. The zero-order valence-electron chi connectivity index (χ0n) is 11.5. The highest BCUT2D eigenvalue weighted by Gasteiger charge is 2.18. The molecular weight excluding hydrogens is 220 g/mol. The van der Waals surface area contributed by atoms with Gasteiger partial charge in [-0.15, -0.1) is 0 Å². The lowest BCUT2D eigenvalue weighted by molar-refractivity contribution is 0.471. The Hall–Kier alpha value is -1.76. The van der Waals surface area contributed by atoms with Gasteiger partial charge in [0.1, 0.15) is 5.75 Å². The summed E-state index contributed by atoms with van der Waals surface area (Å²) in [5.41, 5.74) is 4.76. The fourth-order valence-electron chi connectivity index (χ4n) is 2.21. The molecular formula is C17H20O. The molecule has 0 atom stereocenters. The average Bonchev–Trinajstić information content (AvgIpc) is 2.32. The van der Waals surface area contributed by atoms with Crippen molar-refractivity contribution in [3.8, 4) is 16.9 Å². The first kappa shape index (κ1) is 12.7. The zero-order chi connectivity index (χ0) is 13.3. The maximum atomic E-state index is 9.62. The number of benzene rings is 2. The maximum absolute atomic E-state index is 9.62. The van der Waals surface area contributed by atoms with Crippen LogP contribution in [0, 0.1) is 6.92 Å². The number of hydrogen-bond acceptors (Lipinski definition) is 1. The Labute approximate surface area is 109 Å². The molecule has 1 N–H and O–H groups in total. The second-order valence-corrected chi connectivity index (χ2v) is 5.80. The molecule has 18 heavy (non-hydrogen) atoms. The first-order chi connectivity index (χ1) is 8.39. The molecule has 0 aliphatic rings. The Balaban J connectivity index is 2.61. The summed E-state index contributed by atoms with van der Waals surface area (Å²) in [6.45, 7) is 8.59. The quantitative estimate of drug-likeness (QED) is 0.768. The predicted octanol–water partition coefficient (Wildman–Crippen LogP) is 4.67. The van der Waals surface area contributed by atoms with E-state index in [-0.39, 0.29) is 5.41 Å². The minimum absolute atomic E-state index is 0.113. The smallest absolute Gasteiger partial charge is 0.118 e. The van der Waals surface area contributed by atoms with Crippen LogP contribution in [0.5, 0.6) is 5.75 Å². The molecule has 2 rings (SSSR count). The third-order valence-corrected chi connectivity index (χ3v) is 3.24. The van der Waals surface area contributed by atoms with Gasteiger partial charge in [-0.25, -0.2) is 0 Å². The van der Waals surface area contributed by atoms with Crippen LogP contribution in [0.25, 0.3) is 11.1 Å². The Morgan fingerprint density at radius 3 is 2.22 bits per heavy atom. The van der Waals surface area contributed by atoms with Crippen molar-refractivity contribution in [3.63, 3.8) is 0 Å². The van der Waals surface area contributed by atoms with Crippen LogP contribution >= 0.6 is 0 Å². The van der Waals surface area contributed by atoms with Gasteiger partial charge in [-0.3, -0.25) is 0 Å². The summed E-state index contributed by atoms with van der Waals surface area (Å²) in [7, 11) is 0. The van der Waals surface area contributed by atoms with Crippen molar-refractivity contribution in [1.29, 1.82) is 0 Å². The van der Waals surface area contributed by atoms with Gasteiger partial charge in [-0.1, -0.05) is 51.1 Å². The van der Waals surface area contributed by atoms with Crippen molar-refractivity contribution < 1.29 is 5.11 Å². The molecule has 1 nitrogen and oxygen atoms in total. The van der Waals surface area contributed by atoms with Crippen LogP contribution in [0.4, 0.5) is 0 Å². The van der Waals surface area contributed by atoms with Crippen molar-refractivity contribution >= 4 is 0 Å². The third-order valence-electron chi connectivity index (χ3n) is 3.24. The van der Waals surface area contributed by atoms with Gasteiger partial charge >= 0.3 is 0 Å². The molecule has 0 radical (unpaired) electrons. The van der Waals surface area contributed by atoms with E-state index in [0.29, 0.717) is 5.75 Å². The summed E-state index contributed by atoms with van der Waals surface area (Å²) in [5, 5.41) is 9.62. The van der Waals surface area contributed by atoms with Gasteiger partial charge in [0.25, 0.3) is 0 Å². The van der Waals surface area contributed by atoms with Crippen LogP contribution in [0.2, 0.25) is 0 Å². The number of phenolic OH excluding ortho intramolecular Hbond substituents is 1.